The summed E-state index contributed by atoms with van der Waals surface area (Å²) in [5.41, 5.74) is 0. The molecule has 1 aromatic rings. The van der Waals surface area contributed by atoms with E-state index in [1.165, 1.54) is 0 Å². The number of ether oxygens (including phenoxy) is 1. The molecule has 4 nitrogen and oxygen atoms in total. The average molecular weight is 262 g/mol. The molecule has 0 aliphatic heterocycles. The number of nitrogens with one attached hydrogen (secondary N) is 1. The zero-order chi connectivity index (χ0) is 13.4. The van der Waals surface area contributed by atoms with Crippen molar-refractivity contribution in [2.24, 2.45) is 0 Å². The molecule has 1 heterocycles. The van der Waals surface area contributed by atoms with Crippen LogP contribution in [0.2, 0.25) is 0 Å². The molecule has 0 fully saturated rings. The van der Waals surface area contributed by atoms with Gasteiger partial charge in [-0.1, -0.05) is 6.92 Å². The predicted octanol–water partition coefficient (Wildman–Crippen LogP) is 2.56. The Morgan fingerprint density at radius 3 is 2.94 bits per heavy atom. The standard InChI is InChI=1S/C12H20F2N2O2/c1-3-5-15-9(2)12-16-7-10(18-12)4-6-17-8-11(13)14/h7,9,11,15H,3-6,8H2,1-2H3. The van der Waals surface area contributed by atoms with Crippen molar-refractivity contribution in [2.45, 2.75) is 39.2 Å². The Kier molecular flexibility index (Phi) is 6.82. The first kappa shape index (κ1) is 15.0. The van der Waals surface area contributed by atoms with Gasteiger partial charge in [0.1, 0.15) is 12.4 Å². The number of alkyl halides is 2. The maximum atomic E-state index is 11.8. The van der Waals surface area contributed by atoms with E-state index in [-0.39, 0.29) is 12.6 Å². The van der Waals surface area contributed by atoms with E-state index in [2.05, 4.69) is 17.2 Å². The fourth-order valence-electron chi connectivity index (χ4n) is 1.43. The van der Waals surface area contributed by atoms with Crippen molar-refractivity contribution in [1.29, 1.82) is 0 Å². The SMILES string of the molecule is CCCNC(C)c1ncc(CCOCC(F)F)o1. The highest BCUT2D eigenvalue weighted by Crippen LogP contribution is 2.13. The normalized spacial score (nSPS) is 13.2. The number of hydrogen-bond acceptors (Lipinski definition) is 4. The highest BCUT2D eigenvalue weighted by Gasteiger charge is 2.11. The number of halogens is 2. The molecular weight excluding hydrogens is 242 g/mol. The van der Waals surface area contributed by atoms with Gasteiger partial charge in [0.05, 0.1) is 18.8 Å². The fourth-order valence-corrected chi connectivity index (χ4v) is 1.43. The van der Waals surface area contributed by atoms with Gasteiger partial charge in [0.25, 0.3) is 6.43 Å². The van der Waals surface area contributed by atoms with Gasteiger partial charge in [0.15, 0.2) is 0 Å². The zero-order valence-corrected chi connectivity index (χ0v) is 10.8. The Labute approximate surface area is 106 Å². The van der Waals surface area contributed by atoms with E-state index in [1.54, 1.807) is 6.20 Å². The first-order valence-electron chi connectivity index (χ1n) is 6.17. The van der Waals surface area contributed by atoms with Crippen molar-refractivity contribution in [3.8, 4) is 0 Å². The maximum absolute atomic E-state index is 11.8. The average Bonchev–Trinajstić information content (AvgIpc) is 2.80. The topological polar surface area (TPSA) is 47.3 Å². The molecule has 0 radical (unpaired) electrons. The monoisotopic (exact) mass is 262 g/mol. The lowest BCUT2D eigenvalue weighted by molar-refractivity contribution is 0.0176. The molecule has 0 saturated heterocycles. The number of nitrogens with zero attached hydrogens (tertiary/aromatic N) is 1. The van der Waals surface area contributed by atoms with E-state index in [0.717, 1.165) is 13.0 Å². The van der Waals surface area contributed by atoms with E-state index in [1.807, 2.05) is 6.92 Å². The second-order valence-corrected chi connectivity index (χ2v) is 4.06. The summed E-state index contributed by atoms with van der Waals surface area (Å²) in [5, 5.41) is 3.26. The quantitative estimate of drug-likeness (QED) is 0.695. The van der Waals surface area contributed by atoms with Gasteiger partial charge in [0.2, 0.25) is 5.89 Å². The van der Waals surface area contributed by atoms with E-state index in [9.17, 15) is 8.78 Å². The van der Waals surface area contributed by atoms with Gasteiger partial charge >= 0.3 is 0 Å². The molecule has 0 amide bonds. The van der Waals surface area contributed by atoms with Crippen LogP contribution in [0.4, 0.5) is 8.78 Å². The van der Waals surface area contributed by atoms with Crippen LogP contribution in [0, 0.1) is 0 Å². The van der Waals surface area contributed by atoms with Gasteiger partial charge in [0, 0.05) is 6.42 Å². The summed E-state index contributed by atoms with van der Waals surface area (Å²) >= 11 is 0. The molecule has 1 aromatic heterocycles. The van der Waals surface area contributed by atoms with Crippen LogP contribution in [0.3, 0.4) is 0 Å². The Morgan fingerprint density at radius 1 is 1.50 bits per heavy atom. The minimum atomic E-state index is -2.42. The molecule has 0 aliphatic carbocycles. The molecule has 0 spiro atoms. The second kappa shape index (κ2) is 8.16. The summed E-state index contributed by atoms with van der Waals surface area (Å²) in [6, 6.07) is 0.0562. The van der Waals surface area contributed by atoms with E-state index in [0.29, 0.717) is 18.1 Å². The second-order valence-electron chi connectivity index (χ2n) is 4.06. The van der Waals surface area contributed by atoms with Crippen LogP contribution in [0.1, 0.15) is 38.0 Å². The van der Waals surface area contributed by atoms with Crippen LogP contribution in [-0.4, -0.2) is 31.2 Å². The van der Waals surface area contributed by atoms with Crippen LogP contribution in [0.15, 0.2) is 10.6 Å². The molecule has 1 N–H and O–H groups in total. The smallest absolute Gasteiger partial charge is 0.261 e. The van der Waals surface area contributed by atoms with Crippen molar-refractivity contribution in [3.63, 3.8) is 0 Å². The van der Waals surface area contributed by atoms with Crippen molar-refractivity contribution < 1.29 is 17.9 Å². The van der Waals surface area contributed by atoms with Crippen molar-refractivity contribution in [3.05, 3.63) is 17.8 Å². The molecule has 0 bridgehead atoms. The molecule has 0 aromatic carbocycles. The molecular formula is C12H20F2N2O2. The summed E-state index contributed by atoms with van der Waals surface area (Å²) in [5.74, 6) is 1.27. The fraction of sp³-hybridized carbons (Fsp3) is 0.750. The van der Waals surface area contributed by atoms with Gasteiger partial charge in [-0.15, -0.1) is 0 Å². The number of hydrogen-bond donors (Lipinski definition) is 1. The van der Waals surface area contributed by atoms with Crippen LogP contribution in [0.25, 0.3) is 0 Å². The Hall–Kier alpha value is -1.01. The molecule has 1 rings (SSSR count). The van der Waals surface area contributed by atoms with E-state index in [4.69, 9.17) is 9.15 Å². The predicted molar refractivity (Wildman–Crippen MR) is 63.7 cm³/mol. The molecule has 1 unspecified atom stereocenters. The minimum absolute atomic E-state index is 0.0562. The summed E-state index contributed by atoms with van der Waals surface area (Å²) < 4.78 is 33.9. The summed E-state index contributed by atoms with van der Waals surface area (Å²) in [7, 11) is 0. The van der Waals surface area contributed by atoms with Gasteiger partial charge in [-0.05, 0) is 19.9 Å². The lowest BCUT2D eigenvalue weighted by Gasteiger charge is -2.08. The summed E-state index contributed by atoms with van der Waals surface area (Å²) in [6.07, 6.45) is 0.693. The zero-order valence-electron chi connectivity index (χ0n) is 10.8. The van der Waals surface area contributed by atoms with Crippen molar-refractivity contribution in [1.82, 2.24) is 10.3 Å². The van der Waals surface area contributed by atoms with E-state index >= 15 is 0 Å². The minimum Gasteiger partial charge on any atom is -0.444 e. The summed E-state index contributed by atoms with van der Waals surface area (Å²) in [6.45, 7) is 4.64. The molecule has 0 aliphatic rings. The van der Waals surface area contributed by atoms with Crippen LogP contribution in [0.5, 0.6) is 0 Å². The van der Waals surface area contributed by atoms with Crippen LogP contribution in [-0.2, 0) is 11.2 Å². The number of oxazole rings is 1. The largest absolute Gasteiger partial charge is 0.444 e. The third-order valence-electron chi connectivity index (χ3n) is 2.38. The molecule has 0 saturated carbocycles. The Balaban J connectivity index is 2.29. The van der Waals surface area contributed by atoms with Crippen LogP contribution < -0.4 is 5.32 Å². The first-order chi connectivity index (χ1) is 8.63. The van der Waals surface area contributed by atoms with E-state index < -0.39 is 13.0 Å². The number of rotatable bonds is 9. The van der Waals surface area contributed by atoms with Gasteiger partial charge in [-0.2, -0.15) is 0 Å². The highest BCUT2D eigenvalue weighted by molar-refractivity contribution is 4.97. The third-order valence-corrected chi connectivity index (χ3v) is 2.38. The Bertz CT molecular complexity index is 332. The van der Waals surface area contributed by atoms with Gasteiger partial charge in [-0.25, -0.2) is 13.8 Å². The Morgan fingerprint density at radius 2 is 2.28 bits per heavy atom. The van der Waals surface area contributed by atoms with Crippen molar-refractivity contribution >= 4 is 0 Å². The maximum Gasteiger partial charge on any atom is 0.261 e. The lowest BCUT2D eigenvalue weighted by atomic mass is 10.3. The molecule has 1 atom stereocenters. The summed E-state index contributed by atoms with van der Waals surface area (Å²) in [4.78, 5) is 4.15. The third kappa shape index (κ3) is 5.55. The van der Waals surface area contributed by atoms with Gasteiger partial charge < -0.3 is 14.5 Å². The highest BCUT2D eigenvalue weighted by atomic mass is 19.3. The molecule has 6 heteroatoms. The lowest BCUT2D eigenvalue weighted by Crippen LogP contribution is -2.19. The van der Waals surface area contributed by atoms with Gasteiger partial charge in [-0.3, -0.25) is 0 Å². The molecule has 104 valence electrons. The van der Waals surface area contributed by atoms with Crippen molar-refractivity contribution in [2.75, 3.05) is 19.8 Å². The van der Waals surface area contributed by atoms with Crippen LogP contribution >= 0.6 is 0 Å². The molecule has 18 heavy (non-hydrogen) atoms. The number of aromatic nitrogens is 1. The first-order valence-corrected chi connectivity index (χ1v) is 6.17.